The lowest BCUT2D eigenvalue weighted by atomic mass is 10.1. The number of carboxylic acid groups (broad SMARTS) is 2. The summed E-state index contributed by atoms with van der Waals surface area (Å²) in [5.41, 5.74) is 3.28. The summed E-state index contributed by atoms with van der Waals surface area (Å²) in [4.78, 5) is 19.0. The van der Waals surface area contributed by atoms with Gasteiger partial charge in [0.05, 0.1) is 12.7 Å². The average molecular weight is 291 g/mol. The Morgan fingerprint density at radius 3 is 2.00 bits per heavy atom. The zero-order valence-corrected chi connectivity index (χ0v) is 10.1. The van der Waals surface area contributed by atoms with Crippen molar-refractivity contribution in [2.24, 2.45) is 5.73 Å². The number of hydrogen-bond donors (Lipinski definition) is 5. The number of nitrogens with two attached hydrogens (primary N) is 1. The number of hydrogen-bond acceptors (Lipinski definition) is 4. The molecule has 0 aliphatic carbocycles. The number of rotatable bonds is 2. The van der Waals surface area contributed by atoms with Crippen molar-refractivity contribution < 1.29 is 33.3 Å². The fourth-order valence-corrected chi connectivity index (χ4v) is 1.08. The molecule has 110 valence electrons. The largest absolute Gasteiger partial charge is 0.497 e. The van der Waals surface area contributed by atoms with Gasteiger partial charge in [-0.25, -0.2) is 18.4 Å². The van der Waals surface area contributed by atoms with E-state index >= 15 is 0 Å². The van der Waals surface area contributed by atoms with Crippen molar-refractivity contribution in [2.45, 2.75) is 0 Å². The zero-order valence-electron chi connectivity index (χ0n) is 10.1. The van der Waals surface area contributed by atoms with Crippen molar-refractivity contribution in [1.82, 2.24) is 5.32 Å². The van der Waals surface area contributed by atoms with Crippen molar-refractivity contribution in [3.8, 4) is 5.75 Å². The molecule has 8 nitrogen and oxygen atoms in total. The summed E-state index contributed by atoms with van der Waals surface area (Å²) in [5, 5.41) is 24.2. The molecule has 0 bridgehead atoms. The Kier molecular flexibility index (Phi) is 6.42. The number of amides is 2. The van der Waals surface area contributed by atoms with Gasteiger partial charge >= 0.3 is 12.2 Å². The average Bonchev–Trinajstić information content (AvgIpc) is 2.25. The van der Waals surface area contributed by atoms with E-state index < -0.39 is 35.2 Å². The third-order valence-corrected chi connectivity index (χ3v) is 1.73. The fraction of sp³-hybridized carbons (Fsp3) is 0.100. The van der Waals surface area contributed by atoms with E-state index in [1.165, 1.54) is 7.11 Å². The molecule has 0 saturated heterocycles. The van der Waals surface area contributed by atoms with Crippen LogP contribution < -0.4 is 15.8 Å². The van der Waals surface area contributed by atoms with Crippen molar-refractivity contribution in [1.29, 1.82) is 5.41 Å². The molecule has 0 fully saturated rings. The molecule has 1 aromatic rings. The first kappa shape index (κ1) is 17.1. The van der Waals surface area contributed by atoms with E-state index in [9.17, 15) is 13.6 Å². The van der Waals surface area contributed by atoms with Crippen LogP contribution in [-0.2, 0) is 0 Å². The van der Waals surface area contributed by atoms with Gasteiger partial charge in [0.15, 0.2) is 0 Å². The summed E-state index contributed by atoms with van der Waals surface area (Å²) in [6, 6.07) is 1.72. The van der Waals surface area contributed by atoms with E-state index in [1.54, 1.807) is 5.32 Å². The Hall–Kier alpha value is -2.91. The number of methoxy groups -OCH3 is 1. The van der Waals surface area contributed by atoms with Crippen molar-refractivity contribution in [3.63, 3.8) is 0 Å². The van der Waals surface area contributed by atoms with Gasteiger partial charge in [-0.15, -0.1) is 0 Å². The predicted octanol–water partition coefficient (Wildman–Crippen LogP) is 1.19. The minimum Gasteiger partial charge on any atom is -0.497 e. The zero-order chi connectivity index (χ0) is 15.9. The van der Waals surface area contributed by atoms with Crippen LogP contribution in [0.2, 0.25) is 0 Å². The third kappa shape index (κ3) is 5.62. The maximum atomic E-state index is 13.3. The highest BCUT2D eigenvalue weighted by Gasteiger charge is 2.17. The molecule has 1 rings (SSSR count). The Balaban J connectivity index is 0.000000796. The first-order valence-corrected chi connectivity index (χ1v) is 4.79. The summed E-state index contributed by atoms with van der Waals surface area (Å²) >= 11 is 0. The quantitative estimate of drug-likeness (QED) is 0.410. The second-order valence-electron chi connectivity index (χ2n) is 3.11. The predicted molar refractivity (Wildman–Crippen MR) is 63.1 cm³/mol. The topological polar surface area (TPSA) is 146 Å². The first-order valence-electron chi connectivity index (χ1n) is 4.79. The first-order chi connectivity index (χ1) is 9.18. The van der Waals surface area contributed by atoms with Crippen molar-refractivity contribution >= 4 is 18.0 Å². The molecule has 0 heterocycles. The van der Waals surface area contributed by atoms with Crippen LogP contribution in [0.3, 0.4) is 0 Å². The Labute approximate surface area is 111 Å². The summed E-state index contributed by atoms with van der Waals surface area (Å²) < 4.78 is 31.2. The Morgan fingerprint density at radius 1 is 1.30 bits per heavy atom. The van der Waals surface area contributed by atoms with Crippen LogP contribution >= 0.6 is 0 Å². The van der Waals surface area contributed by atoms with Crippen LogP contribution in [0.15, 0.2) is 12.1 Å². The van der Waals surface area contributed by atoms with Gasteiger partial charge in [-0.3, -0.25) is 10.7 Å². The molecule has 0 unspecified atom stereocenters. The maximum absolute atomic E-state index is 13.3. The third-order valence-electron chi connectivity index (χ3n) is 1.73. The van der Waals surface area contributed by atoms with Crippen LogP contribution in [0.4, 0.5) is 18.4 Å². The number of halogens is 2. The normalized spacial score (nSPS) is 8.95. The molecule has 0 atom stereocenters. The molecule has 2 amide bonds. The van der Waals surface area contributed by atoms with Crippen LogP contribution in [-0.4, -0.2) is 35.3 Å². The van der Waals surface area contributed by atoms with Gasteiger partial charge in [-0.1, -0.05) is 0 Å². The number of amidine groups is 1. The van der Waals surface area contributed by atoms with Gasteiger partial charge in [-0.2, -0.15) is 0 Å². The lowest BCUT2D eigenvalue weighted by molar-refractivity contribution is 0.200. The van der Waals surface area contributed by atoms with Gasteiger partial charge in [0.2, 0.25) is 0 Å². The molecule has 6 N–H and O–H groups in total. The number of carbonyl (C=O) groups is 2. The van der Waals surface area contributed by atoms with E-state index in [0.29, 0.717) is 0 Å². The maximum Gasteiger partial charge on any atom is 0.410 e. The monoisotopic (exact) mass is 291 g/mol. The number of benzene rings is 1. The Morgan fingerprint density at radius 2 is 1.70 bits per heavy atom. The lowest BCUT2D eigenvalue weighted by Crippen LogP contribution is -2.30. The second kappa shape index (κ2) is 7.51. The molecule has 10 heteroatoms. The van der Waals surface area contributed by atoms with E-state index in [1.807, 2.05) is 0 Å². The van der Waals surface area contributed by atoms with Gasteiger partial charge in [-0.05, 0) is 0 Å². The SMILES string of the molecule is COc1cc(F)c(C(=N)NC(=O)O)c(F)c1.NC(=O)O. The van der Waals surface area contributed by atoms with Crippen LogP contribution in [0.25, 0.3) is 0 Å². The molecule has 0 aliphatic heterocycles. The van der Waals surface area contributed by atoms with Gasteiger partial charge in [0.1, 0.15) is 23.2 Å². The molecule has 0 aliphatic rings. The number of primary amides is 1. The minimum absolute atomic E-state index is 0.0538. The highest BCUT2D eigenvalue weighted by atomic mass is 19.1. The van der Waals surface area contributed by atoms with Crippen molar-refractivity contribution in [2.75, 3.05) is 7.11 Å². The summed E-state index contributed by atoms with van der Waals surface area (Å²) in [6.07, 6.45) is -2.90. The molecule has 0 spiro atoms. The number of ether oxygens (including phenoxy) is 1. The van der Waals surface area contributed by atoms with E-state index in [2.05, 4.69) is 10.5 Å². The minimum atomic E-state index is -1.57. The molecule has 0 radical (unpaired) electrons. The molecular weight excluding hydrogens is 280 g/mol. The molecule has 1 aromatic carbocycles. The highest BCUT2D eigenvalue weighted by Crippen LogP contribution is 2.20. The summed E-state index contributed by atoms with van der Waals surface area (Å²) in [6.45, 7) is 0. The standard InChI is InChI=1S/C9H8F2N2O3.CH3NO2/c1-16-4-2-5(10)7(6(11)3-4)8(12)13-9(14)15;2-1(3)4/h2-3H,1H3,(H2,12,13)(H,14,15);2H2,(H,3,4). The Bertz CT molecular complexity index is 509. The van der Waals surface area contributed by atoms with E-state index in [0.717, 1.165) is 12.1 Å². The van der Waals surface area contributed by atoms with Gasteiger partial charge in [0.25, 0.3) is 0 Å². The van der Waals surface area contributed by atoms with E-state index in [-0.39, 0.29) is 5.75 Å². The lowest BCUT2D eigenvalue weighted by Gasteiger charge is -2.08. The van der Waals surface area contributed by atoms with Crippen molar-refractivity contribution in [3.05, 3.63) is 29.3 Å². The number of nitrogens with one attached hydrogen (secondary N) is 2. The molecule has 0 saturated carbocycles. The second-order valence-corrected chi connectivity index (χ2v) is 3.11. The fourth-order valence-electron chi connectivity index (χ4n) is 1.08. The molecule has 20 heavy (non-hydrogen) atoms. The van der Waals surface area contributed by atoms with Crippen LogP contribution in [0.5, 0.6) is 5.75 Å². The molecular formula is C10H11F2N3O5. The summed E-state index contributed by atoms with van der Waals surface area (Å²) in [7, 11) is 1.23. The summed E-state index contributed by atoms with van der Waals surface area (Å²) in [5.74, 6) is -3.07. The smallest absolute Gasteiger partial charge is 0.410 e. The van der Waals surface area contributed by atoms with Gasteiger partial charge in [0, 0.05) is 12.1 Å². The molecule has 0 aromatic heterocycles. The van der Waals surface area contributed by atoms with Crippen LogP contribution in [0, 0.1) is 17.0 Å². The van der Waals surface area contributed by atoms with Gasteiger partial charge < -0.3 is 20.7 Å². The van der Waals surface area contributed by atoms with E-state index in [4.69, 9.17) is 20.4 Å². The van der Waals surface area contributed by atoms with Crippen LogP contribution in [0.1, 0.15) is 5.56 Å². The highest BCUT2D eigenvalue weighted by molar-refractivity contribution is 6.04.